The number of hydrogen-bond donors (Lipinski definition) is 0. The standard InChI is InChI=1S/C3H4N2/c1-2-5-3-4-1/h1-2H,3H2. The van der Waals surface area contributed by atoms with Crippen LogP contribution in [0.5, 0.6) is 0 Å². The maximum Gasteiger partial charge on any atom is 0.129 e. The molecular weight excluding hydrogens is 64.0 g/mol. The molecule has 0 aromatic heterocycles. The minimum atomic E-state index is 0.639. The molecule has 0 aromatic carbocycles. The van der Waals surface area contributed by atoms with Crippen molar-refractivity contribution in [1.29, 1.82) is 0 Å². The van der Waals surface area contributed by atoms with E-state index < -0.39 is 0 Å². The van der Waals surface area contributed by atoms with Crippen molar-refractivity contribution in [3.05, 3.63) is 0 Å². The van der Waals surface area contributed by atoms with E-state index in [4.69, 9.17) is 0 Å². The summed E-state index contributed by atoms with van der Waals surface area (Å²) in [6, 6.07) is 0. The van der Waals surface area contributed by atoms with Gasteiger partial charge in [0, 0.05) is 12.4 Å². The van der Waals surface area contributed by atoms with E-state index in [1.165, 1.54) is 0 Å². The Balaban J connectivity index is 2.61. The van der Waals surface area contributed by atoms with E-state index in [-0.39, 0.29) is 0 Å². The van der Waals surface area contributed by atoms with Gasteiger partial charge in [0.05, 0.1) is 0 Å². The highest BCUT2D eigenvalue weighted by Gasteiger charge is 1.72. The van der Waals surface area contributed by atoms with Crippen LogP contribution in [-0.4, -0.2) is 19.1 Å². The summed E-state index contributed by atoms with van der Waals surface area (Å²) >= 11 is 0. The van der Waals surface area contributed by atoms with Crippen molar-refractivity contribution in [2.75, 3.05) is 6.67 Å². The molecule has 1 rings (SSSR count). The Labute approximate surface area is 30.3 Å². The molecule has 1 aliphatic rings. The van der Waals surface area contributed by atoms with Crippen LogP contribution >= 0.6 is 0 Å². The second-order valence-corrected chi connectivity index (χ2v) is 0.805. The Morgan fingerprint density at radius 3 is 2.00 bits per heavy atom. The summed E-state index contributed by atoms with van der Waals surface area (Å²) in [4.78, 5) is 7.47. The van der Waals surface area contributed by atoms with E-state index in [2.05, 4.69) is 9.98 Å². The van der Waals surface area contributed by atoms with Crippen LogP contribution in [0.15, 0.2) is 9.98 Å². The Morgan fingerprint density at radius 1 is 1.20 bits per heavy atom. The lowest BCUT2D eigenvalue weighted by Gasteiger charge is -1.61. The minimum absolute atomic E-state index is 0.639. The van der Waals surface area contributed by atoms with Gasteiger partial charge in [0.2, 0.25) is 0 Å². The van der Waals surface area contributed by atoms with Crippen molar-refractivity contribution >= 4 is 12.4 Å². The topological polar surface area (TPSA) is 24.7 Å². The van der Waals surface area contributed by atoms with Crippen molar-refractivity contribution in [2.45, 2.75) is 0 Å². The smallest absolute Gasteiger partial charge is 0.129 e. The van der Waals surface area contributed by atoms with Gasteiger partial charge in [0.25, 0.3) is 0 Å². The molecule has 0 spiro atoms. The fraction of sp³-hybridized carbons (Fsp3) is 0.333. The maximum atomic E-state index is 3.74. The summed E-state index contributed by atoms with van der Waals surface area (Å²) in [6.45, 7) is 0.639. The Morgan fingerprint density at radius 2 is 1.80 bits per heavy atom. The van der Waals surface area contributed by atoms with Gasteiger partial charge < -0.3 is 0 Å². The molecule has 0 saturated carbocycles. The Kier molecular flexibility index (Phi) is 0.499. The fourth-order valence-electron chi connectivity index (χ4n) is 0.236. The normalized spacial score (nSPS) is 17.6. The zero-order valence-electron chi connectivity index (χ0n) is 2.76. The first-order chi connectivity index (χ1) is 2.50. The third kappa shape index (κ3) is 0.318. The van der Waals surface area contributed by atoms with Gasteiger partial charge in [-0.2, -0.15) is 0 Å². The van der Waals surface area contributed by atoms with E-state index in [1.807, 2.05) is 0 Å². The molecule has 0 atom stereocenters. The number of hydrogen-bond acceptors (Lipinski definition) is 2. The highest BCUT2D eigenvalue weighted by molar-refractivity contribution is 6.17. The lowest BCUT2D eigenvalue weighted by atomic mass is 10.9. The molecule has 5 heavy (non-hydrogen) atoms. The Bertz CT molecular complexity index is 63.0. The van der Waals surface area contributed by atoms with Gasteiger partial charge in [0.1, 0.15) is 6.67 Å². The number of rotatable bonds is 0. The fourth-order valence-corrected chi connectivity index (χ4v) is 0.236. The quantitative estimate of drug-likeness (QED) is 0.384. The molecule has 1 aliphatic heterocycles. The van der Waals surface area contributed by atoms with Crippen LogP contribution in [0, 0.1) is 0 Å². The molecule has 1 heterocycles. The molecule has 0 bridgehead atoms. The highest BCUT2D eigenvalue weighted by atomic mass is 14.9. The SMILES string of the molecule is C1=NCN=C1. The second kappa shape index (κ2) is 0.971. The Hall–Kier alpha value is -0.660. The zero-order valence-corrected chi connectivity index (χ0v) is 2.76. The average molecular weight is 68.1 g/mol. The van der Waals surface area contributed by atoms with Gasteiger partial charge in [0.15, 0.2) is 0 Å². The summed E-state index contributed by atoms with van der Waals surface area (Å²) in [5.74, 6) is 0. The molecular formula is C3H4N2. The summed E-state index contributed by atoms with van der Waals surface area (Å²) < 4.78 is 0. The first kappa shape index (κ1) is 2.57. The first-order valence-electron chi connectivity index (χ1n) is 1.48. The molecule has 0 saturated heterocycles. The van der Waals surface area contributed by atoms with Gasteiger partial charge in [-0.1, -0.05) is 0 Å². The van der Waals surface area contributed by atoms with Crippen LogP contribution in [-0.2, 0) is 0 Å². The molecule has 0 N–H and O–H groups in total. The van der Waals surface area contributed by atoms with E-state index in [1.54, 1.807) is 12.4 Å². The molecule has 0 aromatic rings. The second-order valence-electron chi connectivity index (χ2n) is 0.805. The molecule has 0 fully saturated rings. The van der Waals surface area contributed by atoms with Gasteiger partial charge in [-0.3, -0.25) is 9.98 Å². The highest BCUT2D eigenvalue weighted by Crippen LogP contribution is 1.72. The predicted octanol–water partition coefficient (Wildman–Crippen LogP) is 0.0991. The number of aliphatic imine (C=N–C) groups is 2. The van der Waals surface area contributed by atoms with Crippen molar-refractivity contribution in [2.24, 2.45) is 9.98 Å². The van der Waals surface area contributed by atoms with Crippen molar-refractivity contribution in [1.82, 2.24) is 0 Å². The van der Waals surface area contributed by atoms with Crippen molar-refractivity contribution in [3.63, 3.8) is 0 Å². The molecule has 2 nitrogen and oxygen atoms in total. The third-order valence-corrected chi connectivity index (χ3v) is 0.441. The lowest BCUT2D eigenvalue weighted by Crippen LogP contribution is -1.56. The molecule has 0 radical (unpaired) electrons. The van der Waals surface area contributed by atoms with Crippen LogP contribution in [0.25, 0.3) is 0 Å². The van der Waals surface area contributed by atoms with Gasteiger partial charge in [-0.25, -0.2) is 0 Å². The monoisotopic (exact) mass is 68.0 g/mol. The van der Waals surface area contributed by atoms with Gasteiger partial charge in [-0.05, 0) is 0 Å². The first-order valence-corrected chi connectivity index (χ1v) is 1.48. The van der Waals surface area contributed by atoms with Crippen LogP contribution in [0.4, 0.5) is 0 Å². The predicted molar refractivity (Wildman–Crippen MR) is 21.9 cm³/mol. The summed E-state index contributed by atoms with van der Waals surface area (Å²) in [7, 11) is 0. The largest absolute Gasteiger partial charge is 0.268 e. The summed E-state index contributed by atoms with van der Waals surface area (Å²) in [6.07, 6.45) is 3.39. The zero-order chi connectivity index (χ0) is 3.54. The van der Waals surface area contributed by atoms with Crippen LogP contribution < -0.4 is 0 Å². The molecule has 26 valence electrons. The number of nitrogens with zero attached hydrogens (tertiary/aromatic N) is 2. The van der Waals surface area contributed by atoms with Crippen LogP contribution in [0.1, 0.15) is 0 Å². The van der Waals surface area contributed by atoms with E-state index in [9.17, 15) is 0 Å². The third-order valence-electron chi connectivity index (χ3n) is 0.441. The van der Waals surface area contributed by atoms with Crippen molar-refractivity contribution < 1.29 is 0 Å². The van der Waals surface area contributed by atoms with E-state index in [0.717, 1.165) is 0 Å². The van der Waals surface area contributed by atoms with Crippen molar-refractivity contribution in [3.8, 4) is 0 Å². The maximum absolute atomic E-state index is 3.74. The van der Waals surface area contributed by atoms with Crippen LogP contribution in [0.3, 0.4) is 0 Å². The van der Waals surface area contributed by atoms with Crippen LogP contribution in [0.2, 0.25) is 0 Å². The molecule has 0 amide bonds. The summed E-state index contributed by atoms with van der Waals surface area (Å²) in [5.41, 5.74) is 0. The summed E-state index contributed by atoms with van der Waals surface area (Å²) in [5, 5.41) is 0. The van der Waals surface area contributed by atoms with Gasteiger partial charge >= 0.3 is 0 Å². The molecule has 0 aliphatic carbocycles. The van der Waals surface area contributed by atoms with E-state index in [0.29, 0.717) is 6.67 Å². The van der Waals surface area contributed by atoms with Gasteiger partial charge in [-0.15, -0.1) is 0 Å². The lowest BCUT2D eigenvalue weighted by molar-refractivity contribution is 1.11. The molecule has 0 unspecified atom stereocenters. The molecule has 2 heteroatoms. The van der Waals surface area contributed by atoms with E-state index >= 15 is 0 Å². The minimum Gasteiger partial charge on any atom is -0.268 e. The average Bonchev–Trinajstić information content (AvgIpc) is 1.76.